The van der Waals surface area contributed by atoms with Crippen molar-refractivity contribution in [1.82, 2.24) is 9.78 Å². The zero-order valence-electron chi connectivity index (χ0n) is 4.31. The van der Waals surface area contributed by atoms with Gasteiger partial charge in [0, 0.05) is 13.1 Å². The first-order valence-electron chi connectivity index (χ1n) is 2.11. The SMILES string of the molecule is Cn1[nH]c(Br)cc1=S. The molecule has 8 heavy (non-hydrogen) atoms. The lowest BCUT2D eigenvalue weighted by Crippen LogP contribution is -1.87. The minimum atomic E-state index is 0.803. The molecule has 44 valence electrons. The van der Waals surface area contributed by atoms with E-state index < -0.39 is 0 Å². The minimum Gasteiger partial charge on any atom is -0.291 e. The lowest BCUT2D eigenvalue weighted by atomic mass is 10.7. The molecule has 1 heterocycles. The predicted molar refractivity (Wildman–Crippen MR) is 38.3 cm³/mol. The molecule has 0 atom stereocenters. The van der Waals surface area contributed by atoms with E-state index in [0.717, 1.165) is 9.24 Å². The van der Waals surface area contributed by atoms with Gasteiger partial charge in [-0.3, -0.25) is 9.78 Å². The average Bonchev–Trinajstić information content (AvgIpc) is 1.85. The van der Waals surface area contributed by atoms with Crippen LogP contribution < -0.4 is 0 Å². The van der Waals surface area contributed by atoms with Gasteiger partial charge in [0.2, 0.25) is 0 Å². The third kappa shape index (κ3) is 1.00. The summed E-state index contributed by atoms with van der Waals surface area (Å²) < 4.78 is 3.49. The van der Waals surface area contributed by atoms with Crippen molar-refractivity contribution in [1.29, 1.82) is 0 Å². The van der Waals surface area contributed by atoms with Crippen molar-refractivity contribution in [2.45, 2.75) is 0 Å². The van der Waals surface area contributed by atoms with Gasteiger partial charge in [-0.25, -0.2) is 0 Å². The van der Waals surface area contributed by atoms with E-state index in [1.807, 2.05) is 13.1 Å². The van der Waals surface area contributed by atoms with Crippen molar-refractivity contribution in [3.8, 4) is 0 Å². The average molecular weight is 193 g/mol. The Labute approximate surface area is 60.6 Å². The third-order valence-electron chi connectivity index (χ3n) is 0.855. The molecular weight excluding hydrogens is 188 g/mol. The summed E-state index contributed by atoms with van der Waals surface area (Å²) in [5, 5.41) is 2.94. The number of nitrogens with zero attached hydrogens (tertiary/aromatic N) is 1. The number of hydrogen-bond donors (Lipinski definition) is 1. The molecule has 0 amide bonds. The fraction of sp³-hybridized carbons (Fsp3) is 0.250. The summed E-state index contributed by atoms with van der Waals surface area (Å²) in [6.07, 6.45) is 0. The van der Waals surface area contributed by atoms with Crippen molar-refractivity contribution in [3.05, 3.63) is 15.3 Å². The van der Waals surface area contributed by atoms with Crippen LogP contribution >= 0.6 is 28.1 Å². The molecule has 1 rings (SSSR count). The Kier molecular flexibility index (Phi) is 1.53. The molecule has 0 saturated heterocycles. The maximum Gasteiger partial charge on any atom is 0.122 e. The topological polar surface area (TPSA) is 20.7 Å². The van der Waals surface area contributed by atoms with Gasteiger partial charge < -0.3 is 0 Å². The highest BCUT2D eigenvalue weighted by atomic mass is 79.9. The van der Waals surface area contributed by atoms with Crippen LogP contribution in [-0.2, 0) is 7.05 Å². The van der Waals surface area contributed by atoms with Crippen LogP contribution in [0.1, 0.15) is 0 Å². The zero-order chi connectivity index (χ0) is 6.15. The van der Waals surface area contributed by atoms with Gasteiger partial charge in [0.15, 0.2) is 0 Å². The largest absolute Gasteiger partial charge is 0.291 e. The molecule has 2 nitrogen and oxygen atoms in total. The molecule has 0 aromatic carbocycles. The number of aromatic amines is 1. The quantitative estimate of drug-likeness (QED) is 0.623. The van der Waals surface area contributed by atoms with E-state index in [2.05, 4.69) is 21.0 Å². The third-order valence-corrected chi connectivity index (χ3v) is 1.65. The number of aryl methyl sites for hydroxylation is 1. The lowest BCUT2D eigenvalue weighted by molar-refractivity contribution is 0.750. The molecule has 0 saturated carbocycles. The van der Waals surface area contributed by atoms with Gasteiger partial charge in [-0.05, 0) is 15.9 Å². The van der Waals surface area contributed by atoms with Gasteiger partial charge in [-0.1, -0.05) is 12.2 Å². The Hall–Kier alpha value is -0.0900. The molecule has 0 spiro atoms. The summed E-state index contributed by atoms with van der Waals surface area (Å²) in [4.78, 5) is 0. The van der Waals surface area contributed by atoms with Crippen molar-refractivity contribution < 1.29 is 0 Å². The summed E-state index contributed by atoms with van der Waals surface area (Å²) in [5.41, 5.74) is 0. The fourth-order valence-corrected chi connectivity index (χ4v) is 1.25. The Morgan fingerprint density at radius 2 is 2.50 bits per heavy atom. The monoisotopic (exact) mass is 192 g/mol. The van der Waals surface area contributed by atoms with Gasteiger partial charge in [-0.15, -0.1) is 0 Å². The van der Waals surface area contributed by atoms with E-state index in [1.54, 1.807) is 4.68 Å². The van der Waals surface area contributed by atoms with Crippen LogP contribution in [0.3, 0.4) is 0 Å². The first-order valence-corrected chi connectivity index (χ1v) is 3.32. The highest BCUT2D eigenvalue weighted by Crippen LogP contribution is 2.04. The normalized spacial score (nSPS) is 9.75. The Bertz CT molecular complexity index is 236. The van der Waals surface area contributed by atoms with E-state index in [9.17, 15) is 0 Å². The summed E-state index contributed by atoms with van der Waals surface area (Å²) >= 11 is 8.12. The van der Waals surface area contributed by atoms with Gasteiger partial charge >= 0.3 is 0 Å². The van der Waals surface area contributed by atoms with Crippen LogP contribution in [0.25, 0.3) is 0 Å². The standard InChI is InChI=1S/C4H5BrN2S/c1-7-4(8)2-3(5)6-7/h2,6H,1H3. The zero-order valence-corrected chi connectivity index (χ0v) is 6.71. The van der Waals surface area contributed by atoms with Crippen LogP contribution in [0.15, 0.2) is 10.7 Å². The molecule has 0 radical (unpaired) electrons. The molecule has 1 aromatic rings. The smallest absolute Gasteiger partial charge is 0.122 e. The van der Waals surface area contributed by atoms with Crippen LogP contribution in [0.5, 0.6) is 0 Å². The van der Waals surface area contributed by atoms with E-state index in [1.165, 1.54) is 0 Å². The van der Waals surface area contributed by atoms with E-state index in [-0.39, 0.29) is 0 Å². The maximum absolute atomic E-state index is 4.88. The van der Waals surface area contributed by atoms with Crippen LogP contribution in [0.4, 0.5) is 0 Å². The highest BCUT2D eigenvalue weighted by Gasteiger charge is 1.87. The maximum atomic E-state index is 4.88. The Morgan fingerprint density at radius 1 is 1.88 bits per heavy atom. The number of H-pyrrole nitrogens is 1. The molecule has 0 aliphatic carbocycles. The summed E-state index contributed by atoms with van der Waals surface area (Å²) in [6, 6.07) is 1.84. The molecule has 0 bridgehead atoms. The Morgan fingerprint density at radius 3 is 2.62 bits per heavy atom. The molecule has 0 fully saturated rings. The van der Waals surface area contributed by atoms with E-state index in [0.29, 0.717) is 0 Å². The second kappa shape index (κ2) is 2.03. The number of rotatable bonds is 0. The van der Waals surface area contributed by atoms with Crippen molar-refractivity contribution in [3.63, 3.8) is 0 Å². The Balaban J connectivity index is 3.35. The number of nitrogens with one attached hydrogen (secondary N) is 1. The molecular formula is C4H5BrN2S. The molecule has 4 heteroatoms. The molecule has 0 aliphatic heterocycles. The second-order valence-electron chi connectivity index (χ2n) is 1.50. The lowest BCUT2D eigenvalue weighted by Gasteiger charge is -1.84. The summed E-state index contributed by atoms with van der Waals surface area (Å²) in [7, 11) is 1.87. The van der Waals surface area contributed by atoms with Crippen LogP contribution in [-0.4, -0.2) is 9.78 Å². The van der Waals surface area contributed by atoms with Gasteiger partial charge in [-0.2, -0.15) is 0 Å². The highest BCUT2D eigenvalue weighted by molar-refractivity contribution is 9.10. The van der Waals surface area contributed by atoms with Gasteiger partial charge in [0.05, 0.1) is 4.60 Å². The summed E-state index contributed by atoms with van der Waals surface area (Å²) in [6.45, 7) is 0. The van der Waals surface area contributed by atoms with Crippen molar-refractivity contribution >= 4 is 28.1 Å². The van der Waals surface area contributed by atoms with E-state index >= 15 is 0 Å². The summed E-state index contributed by atoms with van der Waals surface area (Å²) in [5.74, 6) is 0. The minimum absolute atomic E-state index is 0.803. The first-order chi connectivity index (χ1) is 3.70. The second-order valence-corrected chi connectivity index (χ2v) is 2.77. The van der Waals surface area contributed by atoms with Crippen LogP contribution in [0.2, 0.25) is 0 Å². The van der Waals surface area contributed by atoms with Gasteiger partial charge in [0.25, 0.3) is 0 Å². The number of aromatic nitrogens is 2. The molecule has 0 unspecified atom stereocenters. The predicted octanol–water partition coefficient (Wildman–Crippen LogP) is 1.85. The number of halogens is 1. The van der Waals surface area contributed by atoms with Crippen molar-refractivity contribution in [2.75, 3.05) is 0 Å². The van der Waals surface area contributed by atoms with Crippen LogP contribution in [0, 0.1) is 4.64 Å². The van der Waals surface area contributed by atoms with Crippen molar-refractivity contribution in [2.24, 2.45) is 7.05 Å². The molecule has 0 aliphatic rings. The van der Waals surface area contributed by atoms with Gasteiger partial charge in [0.1, 0.15) is 4.64 Å². The fourth-order valence-electron chi connectivity index (χ4n) is 0.453. The first kappa shape index (κ1) is 6.04. The molecule has 1 aromatic heterocycles. The van der Waals surface area contributed by atoms with E-state index in [4.69, 9.17) is 12.2 Å². The number of hydrogen-bond acceptors (Lipinski definition) is 1. The molecule has 1 N–H and O–H groups in total.